The van der Waals surface area contributed by atoms with E-state index in [4.69, 9.17) is 0 Å². The summed E-state index contributed by atoms with van der Waals surface area (Å²) in [4.78, 5) is 19.5. The Morgan fingerprint density at radius 1 is 0.844 bits per heavy atom. The molecule has 0 bridgehead atoms. The maximum Gasteiger partial charge on any atom is 0.501 e. The monoisotopic (exact) mass is 936 g/mol. The second kappa shape index (κ2) is 18.3. The van der Waals surface area contributed by atoms with E-state index in [0.717, 1.165) is 87.3 Å². The van der Waals surface area contributed by atoms with Crippen molar-refractivity contribution >= 4 is 48.9 Å². The van der Waals surface area contributed by atoms with Crippen molar-refractivity contribution in [1.82, 2.24) is 19.8 Å². The summed E-state index contributed by atoms with van der Waals surface area (Å²) in [5.41, 5.74) is -1.84. The van der Waals surface area contributed by atoms with E-state index < -0.39 is 47.1 Å². The first-order chi connectivity index (χ1) is 30.7. The second-order valence-corrected chi connectivity index (χ2v) is 22.8. The van der Waals surface area contributed by atoms with Crippen molar-refractivity contribution in [1.29, 1.82) is 0 Å². The van der Waals surface area contributed by atoms with Crippen LogP contribution >= 0.6 is 11.8 Å². The predicted octanol–water partition coefficient (Wildman–Crippen LogP) is 7.65. The summed E-state index contributed by atoms with van der Waals surface area (Å²) in [7, 11) is -10.8. The van der Waals surface area contributed by atoms with E-state index in [1.807, 2.05) is 35.1 Å². The van der Waals surface area contributed by atoms with E-state index in [1.54, 1.807) is 17.7 Å². The highest BCUT2D eigenvalue weighted by Crippen LogP contribution is 2.55. The van der Waals surface area contributed by atoms with Crippen LogP contribution in [0, 0.1) is 5.41 Å². The van der Waals surface area contributed by atoms with Crippen LogP contribution in [0.2, 0.25) is 0 Å². The number of hydrogen-bond acceptors (Lipinski definition) is 11. The van der Waals surface area contributed by atoms with E-state index in [-0.39, 0.29) is 16.7 Å². The minimum atomic E-state index is -6.03. The normalized spacial score (nSPS) is 21.3. The Kier molecular flexibility index (Phi) is 12.9. The number of alkyl halides is 3. The van der Waals surface area contributed by atoms with Crippen LogP contribution in [0.3, 0.4) is 0 Å². The Hall–Kier alpha value is -4.13. The predicted molar refractivity (Wildman–Crippen MR) is 244 cm³/mol. The van der Waals surface area contributed by atoms with Gasteiger partial charge in [0.15, 0.2) is 0 Å². The molecule has 3 aliphatic heterocycles. The number of hydrogen-bond donors (Lipinski definition) is 3. The first kappa shape index (κ1) is 45.0. The molecule has 2 saturated carbocycles. The Bertz CT molecular complexity index is 2520. The van der Waals surface area contributed by atoms with Gasteiger partial charge in [0.25, 0.3) is 25.8 Å². The lowest BCUT2D eigenvalue weighted by molar-refractivity contribution is -0.0436. The lowest BCUT2D eigenvalue weighted by atomic mass is 9.60. The molecule has 5 fully saturated rings. The SMILES string of the molecule is O=C(NS(=O)(=O)c1ccc(N[C@H](CCN2CCNCC2)CSc2ccccc2)c(S(=O)(=O)C(F)(F)F)c1)c1ccc(N2CC3(CC(N4CCC[C@H]4c4ccccc4C4CC4)C3)C2)cc1. The molecule has 4 aromatic rings. The van der Waals surface area contributed by atoms with Crippen molar-refractivity contribution in [3.8, 4) is 0 Å². The zero-order chi connectivity index (χ0) is 44.7. The molecule has 3 heterocycles. The summed E-state index contributed by atoms with van der Waals surface area (Å²) in [6.45, 7) is 6.75. The van der Waals surface area contributed by atoms with Crippen LogP contribution in [0.4, 0.5) is 24.5 Å². The van der Waals surface area contributed by atoms with E-state index in [2.05, 4.69) is 49.6 Å². The number of carbonyl (C=O) groups is 1. The number of amides is 1. The largest absolute Gasteiger partial charge is 0.501 e. The third-order valence-corrected chi connectivity index (χ3v) is 17.7. The zero-order valence-electron chi connectivity index (χ0n) is 35.6. The lowest BCUT2D eigenvalue weighted by Crippen LogP contribution is -2.66. The number of anilines is 2. The number of benzene rings is 4. The third-order valence-electron chi connectivity index (χ3n) is 13.7. The number of thioether (sulfide) groups is 1. The number of carbonyl (C=O) groups excluding carboxylic acids is 1. The van der Waals surface area contributed by atoms with Gasteiger partial charge >= 0.3 is 5.51 Å². The number of piperazine rings is 1. The van der Waals surface area contributed by atoms with Crippen molar-refractivity contribution in [3.05, 3.63) is 114 Å². The molecule has 0 unspecified atom stereocenters. The fraction of sp³-hybridized carbons (Fsp3) is 0.468. The molecule has 0 aromatic heterocycles. The number of sulfone groups is 1. The van der Waals surface area contributed by atoms with Crippen molar-refractivity contribution in [2.45, 2.75) is 89.2 Å². The lowest BCUT2D eigenvalue weighted by Gasteiger charge is -2.62. The minimum Gasteiger partial charge on any atom is -0.380 e. The molecule has 3 saturated heterocycles. The van der Waals surface area contributed by atoms with E-state index in [0.29, 0.717) is 36.9 Å². The van der Waals surface area contributed by atoms with Gasteiger partial charge in [-0.2, -0.15) is 13.2 Å². The fourth-order valence-electron chi connectivity index (χ4n) is 10.1. The Balaban J connectivity index is 0.841. The number of likely N-dealkylation sites (tertiary alicyclic amines) is 1. The maximum atomic E-state index is 14.2. The van der Waals surface area contributed by atoms with Crippen LogP contribution in [0.25, 0.3) is 0 Å². The molecule has 4 aromatic carbocycles. The van der Waals surface area contributed by atoms with Gasteiger partial charge in [-0.05, 0) is 123 Å². The minimum absolute atomic E-state index is 0.0301. The second-order valence-electron chi connectivity index (χ2n) is 18.2. The van der Waals surface area contributed by atoms with Crippen molar-refractivity contribution in [2.24, 2.45) is 5.41 Å². The van der Waals surface area contributed by atoms with Crippen LogP contribution in [-0.2, 0) is 19.9 Å². The van der Waals surface area contributed by atoms with Crippen LogP contribution in [0.15, 0.2) is 112 Å². The molecule has 2 aliphatic carbocycles. The van der Waals surface area contributed by atoms with Gasteiger partial charge in [0, 0.05) is 91.3 Å². The first-order valence-electron chi connectivity index (χ1n) is 22.3. The van der Waals surface area contributed by atoms with Gasteiger partial charge in [-0.25, -0.2) is 21.6 Å². The number of rotatable bonds is 16. The summed E-state index contributed by atoms with van der Waals surface area (Å²) in [5, 5.41) is 6.30. The molecule has 9 rings (SSSR count). The molecular formula is C47H55F3N6O5S3. The smallest absolute Gasteiger partial charge is 0.380 e. The van der Waals surface area contributed by atoms with Gasteiger partial charge < -0.3 is 20.4 Å². The average molecular weight is 937 g/mol. The summed E-state index contributed by atoms with van der Waals surface area (Å²) in [6.07, 6.45) is 7.80. The van der Waals surface area contributed by atoms with Gasteiger partial charge in [0.05, 0.1) is 10.6 Å². The van der Waals surface area contributed by atoms with Crippen LogP contribution < -0.4 is 20.3 Å². The molecule has 17 heteroatoms. The summed E-state index contributed by atoms with van der Waals surface area (Å²) >= 11 is 1.47. The average Bonchev–Trinajstić information content (AvgIpc) is 4.00. The summed E-state index contributed by atoms with van der Waals surface area (Å²) < 4.78 is 97.7. The molecule has 0 radical (unpaired) electrons. The van der Waals surface area contributed by atoms with E-state index in [1.165, 1.54) is 55.1 Å². The summed E-state index contributed by atoms with van der Waals surface area (Å²) in [6, 6.07) is 28.1. The zero-order valence-corrected chi connectivity index (χ0v) is 38.1. The highest BCUT2D eigenvalue weighted by Gasteiger charge is 2.55. The Labute approximate surface area is 378 Å². The van der Waals surface area contributed by atoms with Crippen molar-refractivity contribution in [3.63, 3.8) is 0 Å². The van der Waals surface area contributed by atoms with Crippen LogP contribution in [0.1, 0.15) is 78.4 Å². The van der Waals surface area contributed by atoms with Crippen LogP contribution in [0.5, 0.6) is 0 Å². The number of nitrogens with zero attached hydrogens (tertiary/aromatic N) is 3. The highest BCUT2D eigenvalue weighted by atomic mass is 32.2. The van der Waals surface area contributed by atoms with Crippen molar-refractivity contribution < 1.29 is 34.8 Å². The molecule has 5 aliphatic rings. The molecule has 3 N–H and O–H groups in total. The molecular weight excluding hydrogens is 882 g/mol. The van der Waals surface area contributed by atoms with Gasteiger partial charge in [0.1, 0.15) is 4.90 Å². The topological polar surface area (TPSA) is 131 Å². The molecule has 11 nitrogen and oxygen atoms in total. The quantitative estimate of drug-likeness (QED) is 0.0959. The molecule has 64 heavy (non-hydrogen) atoms. The molecule has 1 spiro atoms. The van der Waals surface area contributed by atoms with Gasteiger partial charge in [-0.1, -0.05) is 42.5 Å². The van der Waals surface area contributed by atoms with E-state index in [9.17, 15) is 34.8 Å². The molecule has 1 amide bonds. The van der Waals surface area contributed by atoms with Gasteiger partial charge in [0.2, 0.25) is 0 Å². The maximum absolute atomic E-state index is 14.2. The molecule has 2 atom stereocenters. The van der Waals surface area contributed by atoms with Crippen LogP contribution in [-0.4, -0.2) is 108 Å². The van der Waals surface area contributed by atoms with Crippen molar-refractivity contribution in [2.75, 3.05) is 68.3 Å². The standard InChI is InChI=1S/C47H55F3N6O5S3/c48-47(49,50)63(58,59)44-27-39(18-19-42(44)52-35(20-24-54-25-21-51-22-26-54)30-62-38-7-2-1-3-8-38)64(60,61)53-45(57)34-14-16-36(17-15-34)55-31-46(32-55)28-37(29-46)56-23-6-11-43(56)41-10-5-4-9-40(41)33-12-13-33/h1-5,7-10,14-19,27,33,35,37,43,51-52H,6,11-13,20-26,28-32H2,(H,53,57)/t35-,43+/m1/s1. The molecule has 342 valence electrons. The number of sulfonamides is 1. The first-order valence-corrected chi connectivity index (χ1v) is 26.2. The number of nitrogens with one attached hydrogen (secondary N) is 3. The highest BCUT2D eigenvalue weighted by molar-refractivity contribution is 7.99. The van der Waals surface area contributed by atoms with Gasteiger partial charge in [-0.15, -0.1) is 11.8 Å². The number of halogens is 3. The third kappa shape index (κ3) is 9.71. The fourth-order valence-corrected chi connectivity index (χ4v) is 13.1. The van der Waals surface area contributed by atoms with E-state index >= 15 is 0 Å². The van der Waals surface area contributed by atoms with Gasteiger partial charge in [-0.3, -0.25) is 9.69 Å². The Morgan fingerprint density at radius 3 is 2.22 bits per heavy atom. The summed E-state index contributed by atoms with van der Waals surface area (Å²) in [5.74, 6) is 0.122. The Morgan fingerprint density at radius 2 is 1.53 bits per heavy atom.